The molecule has 11 aromatic rings. The Balaban J connectivity index is 1.15. The fraction of sp³-hybridized carbons (Fsp3) is 0. The highest BCUT2D eigenvalue weighted by Crippen LogP contribution is 2.44. The number of aromatic nitrogens is 4. The number of hydrogen-bond donors (Lipinski definition) is 0. The van der Waals surface area contributed by atoms with Crippen LogP contribution >= 0.6 is 0 Å². The van der Waals surface area contributed by atoms with Gasteiger partial charge < -0.3 is 8.82 Å². The van der Waals surface area contributed by atoms with Crippen LogP contribution in [0.1, 0.15) is 0 Å². The highest BCUT2D eigenvalue weighted by molar-refractivity contribution is 6.30. The van der Waals surface area contributed by atoms with Crippen LogP contribution in [0.2, 0.25) is 0 Å². The summed E-state index contributed by atoms with van der Waals surface area (Å²) in [5.41, 5.74) is 12.2. The molecule has 0 unspecified atom stereocenters. The fourth-order valence-electron chi connectivity index (χ4n) is 7.69. The molecule has 0 aliphatic heterocycles. The van der Waals surface area contributed by atoms with E-state index in [2.05, 4.69) is 120 Å². The lowest BCUT2D eigenvalue weighted by atomic mass is 9.99. The van der Waals surface area contributed by atoms with E-state index >= 15 is 0 Å². The average Bonchev–Trinajstić information content (AvgIpc) is 3.87. The minimum atomic E-state index is 0.624. The molecule has 5 heteroatoms. The van der Waals surface area contributed by atoms with Crippen LogP contribution in [0.4, 0.5) is 0 Å². The second kappa shape index (κ2) is 10.3. The van der Waals surface area contributed by atoms with Gasteiger partial charge in [0.2, 0.25) is 5.89 Å². The first kappa shape index (κ1) is 27.1. The summed E-state index contributed by atoms with van der Waals surface area (Å²) < 4.78 is 8.92. The Morgan fingerprint density at radius 1 is 0.420 bits per heavy atom. The molecule has 0 saturated carbocycles. The van der Waals surface area contributed by atoms with Crippen LogP contribution in [0, 0.1) is 0 Å². The molecule has 5 nitrogen and oxygen atoms in total. The monoisotopic (exact) mass is 638 g/mol. The second-order valence-electron chi connectivity index (χ2n) is 12.8. The van der Waals surface area contributed by atoms with Gasteiger partial charge in [-0.2, -0.15) is 0 Å². The van der Waals surface area contributed by atoms with Crippen molar-refractivity contribution >= 4 is 60.1 Å². The maximum atomic E-state index is 6.55. The lowest BCUT2D eigenvalue weighted by Crippen LogP contribution is -1.95. The molecule has 7 aromatic carbocycles. The van der Waals surface area contributed by atoms with E-state index in [-0.39, 0.29) is 0 Å². The maximum absolute atomic E-state index is 6.55. The zero-order chi connectivity index (χ0) is 32.8. The van der Waals surface area contributed by atoms with Crippen molar-refractivity contribution < 1.29 is 4.42 Å². The fourth-order valence-corrected chi connectivity index (χ4v) is 7.69. The van der Waals surface area contributed by atoms with Crippen molar-refractivity contribution in [3.05, 3.63) is 158 Å². The zero-order valence-corrected chi connectivity index (χ0v) is 26.7. The van der Waals surface area contributed by atoms with E-state index in [1.807, 2.05) is 42.5 Å². The van der Waals surface area contributed by atoms with Gasteiger partial charge in [-0.1, -0.05) is 103 Å². The van der Waals surface area contributed by atoms with Crippen molar-refractivity contribution in [3.8, 4) is 45.2 Å². The van der Waals surface area contributed by atoms with Gasteiger partial charge in [0, 0.05) is 38.2 Å². The zero-order valence-electron chi connectivity index (χ0n) is 26.7. The van der Waals surface area contributed by atoms with Crippen molar-refractivity contribution in [1.82, 2.24) is 19.4 Å². The third-order valence-electron chi connectivity index (χ3n) is 9.94. The molecule has 0 N–H and O–H groups in total. The van der Waals surface area contributed by atoms with E-state index in [9.17, 15) is 0 Å². The lowest BCUT2D eigenvalue weighted by molar-refractivity contribution is 0.623. The predicted octanol–water partition coefficient (Wildman–Crippen LogP) is 11.6. The molecule has 0 spiro atoms. The SMILES string of the molecule is c1ccc(-c2cccc(-c3nc(-c4ccc5c(c4)c4cc6nc(-c7ccccc7)oc6c6c7ccccc7n5c46)nc4ccccc34)c2)cc1. The Morgan fingerprint density at radius 3 is 1.98 bits per heavy atom. The molecule has 4 heterocycles. The Morgan fingerprint density at radius 2 is 1.12 bits per heavy atom. The van der Waals surface area contributed by atoms with Crippen LogP contribution in [0.15, 0.2) is 162 Å². The number of hydrogen-bond acceptors (Lipinski definition) is 4. The van der Waals surface area contributed by atoms with Gasteiger partial charge in [0.15, 0.2) is 11.4 Å². The third-order valence-corrected chi connectivity index (χ3v) is 9.94. The molecule has 0 fully saturated rings. The topological polar surface area (TPSA) is 56.2 Å². The number of fused-ring (bicyclic) bond motifs is 9. The Hall–Kier alpha value is -6.85. The van der Waals surface area contributed by atoms with E-state index in [0.717, 1.165) is 88.0 Å². The number of rotatable bonds is 4. The Labute approximate surface area is 286 Å². The van der Waals surface area contributed by atoms with Crippen molar-refractivity contribution in [2.45, 2.75) is 0 Å². The molecule has 0 atom stereocenters. The van der Waals surface area contributed by atoms with Gasteiger partial charge in [0.25, 0.3) is 0 Å². The highest BCUT2D eigenvalue weighted by atomic mass is 16.3. The Bertz CT molecular complexity index is 3090. The van der Waals surface area contributed by atoms with Crippen LogP contribution < -0.4 is 0 Å². The van der Waals surface area contributed by atoms with Crippen LogP contribution in [-0.2, 0) is 0 Å². The molecular weight excluding hydrogens is 613 g/mol. The van der Waals surface area contributed by atoms with Gasteiger partial charge in [0.1, 0.15) is 5.52 Å². The van der Waals surface area contributed by atoms with Gasteiger partial charge in [-0.05, 0) is 65.7 Å². The summed E-state index contributed by atoms with van der Waals surface area (Å²) in [5.74, 6) is 1.32. The van der Waals surface area contributed by atoms with E-state index in [4.69, 9.17) is 19.4 Å². The molecule has 0 amide bonds. The third kappa shape index (κ3) is 3.92. The smallest absolute Gasteiger partial charge is 0.227 e. The maximum Gasteiger partial charge on any atom is 0.227 e. The first-order chi connectivity index (χ1) is 24.8. The standard InChI is InChI=1S/C45H26N4O/c1-3-12-27(13-4-1)29-16-11-17-30(24-29)41-32-18-7-9-20-36(32)46-44(48-41)31-22-23-39-34(25-31)35-26-37-43(50-45(47-37)28-14-5-2-6-15-28)40-33-19-8-10-21-38(33)49(39)42(35)40/h1-26H. The molecule has 11 rings (SSSR count). The lowest BCUT2D eigenvalue weighted by Gasteiger charge is -2.11. The molecule has 0 bridgehead atoms. The van der Waals surface area contributed by atoms with Gasteiger partial charge in [0.05, 0.1) is 33.1 Å². The summed E-state index contributed by atoms with van der Waals surface area (Å²) in [6.07, 6.45) is 0. The summed E-state index contributed by atoms with van der Waals surface area (Å²) in [6, 6.07) is 54.8. The summed E-state index contributed by atoms with van der Waals surface area (Å²) in [4.78, 5) is 15.4. The molecule has 0 radical (unpaired) electrons. The summed E-state index contributed by atoms with van der Waals surface area (Å²) in [6.45, 7) is 0. The highest BCUT2D eigenvalue weighted by Gasteiger charge is 2.24. The average molecular weight is 639 g/mol. The van der Waals surface area contributed by atoms with Crippen molar-refractivity contribution in [2.24, 2.45) is 0 Å². The molecule has 0 aliphatic carbocycles. The van der Waals surface area contributed by atoms with Crippen LogP contribution in [0.5, 0.6) is 0 Å². The molecule has 50 heavy (non-hydrogen) atoms. The van der Waals surface area contributed by atoms with Gasteiger partial charge in [-0.15, -0.1) is 0 Å². The van der Waals surface area contributed by atoms with Gasteiger partial charge >= 0.3 is 0 Å². The van der Waals surface area contributed by atoms with E-state index in [1.165, 1.54) is 5.56 Å². The molecule has 4 aromatic heterocycles. The minimum Gasteiger partial charge on any atom is -0.435 e. The van der Waals surface area contributed by atoms with Gasteiger partial charge in [-0.3, -0.25) is 0 Å². The number of nitrogens with zero attached hydrogens (tertiary/aromatic N) is 4. The van der Waals surface area contributed by atoms with Crippen LogP contribution in [0.25, 0.3) is 105 Å². The van der Waals surface area contributed by atoms with Crippen molar-refractivity contribution in [3.63, 3.8) is 0 Å². The summed E-state index contributed by atoms with van der Waals surface area (Å²) >= 11 is 0. The predicted molar refractivity (Wildman–Crippen MR) is 204 cm³/mol. The second-order valence-corrected chi connectivity index (χ2v) is 12.8. The van der Waals surface area contributed by atoms with Gasteiger partial charge in [-0.25, -0.2) is 15.0 Å². The molecule has 0 aliphatic rings. The normalized spacial score (nSPS) is 12.0. The van der Waals surface area contributed by atoms with Crippen molar-refractivity contribution in [2.75, 3.05) is 0 Å². The van der Waals surface area contributed by atoms with Crippen LogP contribution in [0.3, 0.4) is 0 Å². The van der Waals surface area contributed by atoms with E-state index in [0.29, 0.717) is 11.7 Å². The summed E-state index contributed by atoms with van der Waals surface area (Å²) in [7, 11) is 0. The molecule has 232 valence electrons. The van der Waals surface area contributed by atoms with E-state index < -0.39 is 0 Å². The first-order valence-electron chi connectivity index (χ1n) is 16.8. The first-order valence-corrected chi connectivity index (χ1v) is 16.8. The largest absolute Gasteiger partial charge is 0.435 e. The van der Waals surface area contributed by atoms with Crippen molar-refractivity contribution in [1.29, 1.82) is 0 Å². The number of para-hydroxylation sites is 2. The van der Waals surface area contributed by atoms with Crippen LogP contribution in [-0.4, -0.2) is 19.4 Å². The quantitative estimate of drug-likeness (QED) is 0.192. The number of oxazole rings is 1. The molecular formula is C45H26N4O. The molecule has 0 saturated heterocycles. The minimum absolute atomic E-state index is 0.624. The van der Waals surface area contributed by atoms with E-state index in [1.54, 1.807) is 0 Å². The summed E-state index contributed by atoms with van der Waals surface area (Å²) in [5, 5.41) is 5.52. The Kier molecular flexibility index (Phi) is 5.60. The number of benzene rings is 7.